The second-order valence-electron chi connectivity index (χ2n) is 13.5. The molecule has 0 N–H and O–H groups in total. The van der Waals surface area contributed by atoms with Gasteiger partial charge in [-0.05, 0) is 124 Å². The molecule has 1 spiro atoms. The van der Waals surface area contributed by atoms with Gasteiger partial charge in [-0.15, -0.1) is 12.6 Å². The largest absolute Gasteiger partial charge is 0.368 e. The van der Waals surface area contributed by atoms with E-state index >= 15 is 0 Å². The number of rotatable bonds is 7. The molecule has 3 heteroatoms. The maximum atomic E-state index is 4.75. The molecule has 0 bridgehead atoms. The van der Waals surface area contributed by atoms with E-state index in [1.165, 1.54) is 61.3 Å². The van der Waals surface area contributed by atoms with Crippen molar-refractivity contribution in [2.45, 2.75) is 43.5 Å². The minimum absolute atomic E-state index is 0.152. The first-order valence-electron chi connectivity index (χ1n) is 17.7. The normalized spacial score (nSPS) is 19.4. The van der Waals surface area contributed by atoms with Crippen LogP contribution in [0.2, 0.25) is 0 Å². The summed E-state index contributed by atoms with van der Waals surface area (Å²) >= 11 is 4.75. The van der Waals surface area contributed by atoms with Gasteiger partial charge in [0, 0.05) is 41.6 Å². The van der Waals surface area contributed by atoms with Crippen molar-refractivity contribution in [1.82, 2.24) is 9.88 Å². The van der Waals surface area contributed by atoms with E-state index in [1.54, 1.807) is 0 Å². The number of nitrogens with zero attached hydrogens (tertiary/aromatic N) is 2. The van der Waals surface area contributed by atoms with Crippen molar-refractivity contribution < 1.29 is 0 Å². The first-order valence-corrected chi connectivity index (χ1v) is 18.1. The molecule has 248 valence electrons. The fourth-order valence-corrected chi connectivity index (χ4v) is 8.57. The quantitative estimate of drug-likeness (QED) is 0.119. The van der Waals surface area contributed by atoms with Crippen LogP contribution in [0.1, 0.15) is 66.1 Å². The number of thiol groups is 1. The van der Waals surface area contributed by atoms with Gasteiger partial charge in [-0.25, -0.2) is 0 Å². The summed E-state index contributed by atoms with van der Waals surface area (Å²) in [7, 11) is 2.15. The van der Waals surface area contributed by atoms with Crippen LogP contribution in [0.25, 0.3) is 28.0 Å². The van der Waals surface area contributed by atoms with Crippen LogP contribution >= 0.6 is 12.6 Å². The molecule has 3 aromatic carbocycles. The van der Waals surface area contributed by atoms with Gasteiger partial charge in [-0.1, -0.05) is 115 Å². The maximum absolute atomic E-state index is 4.75. The van der Waals surface area contributed by atoms with E-state index in [4.69, 9.17) is 12.6 Å². The van der Waals surface area contributed by atoms with Crippen LogP contribution in [0.15, 0.2) is 173 Å². The summed E-state index contributed by atoms with van der Waals surface area (Å²) in [5.74, 6) is 0. The van der Waals surface area contributed by atoms with E-state index in [1.807, 2.05) is 30.6 Å². The third kappa shape index (κ3) is 5.25. The zero-order chi connectivity index (χ0) is 35.1. The number of hydrogen-bond donors (Lipinski definition) is 1. The van der Waals surface area contributed by atoms with Crippen molar-refractivity contribution in [2.24, 2.45) is 0 Å². The highest BCUT2D eigenvalue weighted by molar-refractivity contribution is 7.80. The molecule has 4 aliphatic carbocycles. The Bertz CT molecular complexity index is 2420. The molecular formula is C48H40N2S. The highest BCUT2D eigenvalue weighted by atomic mass is 32.1. The van der Waals surface area contributed by atoms with Crippen LogP contribution < -0.4 is 0 Å². The van der Waals surface area contributed by atoms with Crippen molar-refractivity contribution >= 4 is 40.6 Å². The van der Waals surface area contributed by atoms with Crippen LogP contribution in [-0.2, 0) is 5.41 Å². The predicted octanol–water partition coefficient (Wildman–Crippen LogP) is 11.5. The van der Waals surface area contributed by atoms with Crippen molar-refractivity contribution in [3.05, 3.63) is 207 Å². The van der Waals surface area contributed by atoms with Gasteiger partial charge >= 0.3 is 0 Å². The SMILES string of the molecule is C/C=C(/c1ccccc1S)N(C)C(C)/C=C\C(=C/C)c1ccc2c(c1)C1(C3=C(C=C=C=C3)c3ccccc31)C1=C2C=CCC(c2cccnc2)=C1. The molecule has 0 radical (unpaired) electrons. The van der Waals surface area contributed by atoms with E-state index in [-0.39, 0.29) is 6.04 Å². The molecule has 0 fully saturated rings. The third-order valence-corrected chi connectivity index (χ3v) is 11.2. The fraction of sp³-hybridized carbons (Fsp3) is 0.146. The Morgan fingerprint density at radius 1 is 0.882 bits per heavy atom. The Kier molecular flexibility index (Phi) is 8.50. The highest BCUT2D eigenvalue weighted by Crippen LogP contribution is 2.63. The summed E-state index contributed by atoms with van der Waals surface area (Å²) in [5, 5.41) is 0. The van der Waals surface area contributed by atoms with E-state index in [0.29, 0.717) is 0 Å². The minimum atomic E-state index is -0.489. The smallest absolute Gasteiger partial charge is 0.0732 e. The van der Waals surface area contributed by atoms with Gasteiger partial charge in [-0.3, -0.25) is 4.98 Å². The number of allylic oxidation sites excluding steroid dienone is 14. The van der Waals surface area contributed by atoms with Crippen LogP contribution in [0.3, 0.4) is 0 Å². The number of aromatic nitrogens is 1. The molecule has 2 unspecified atom stereocenters. The highest BCUT2D eigenvalue weighted by Gasteiger charge is 2.53. The molecular weight excluding hydrogens is 637 g/mol. The van der Waals surface area contributed by atoms with Gasteiger partial charge in [-0.2, -0.15) is 0 Å². The average molecular weight is 677 g/mol. The summed E-state index contributed by atoms with van der Waals surface area (Å²) < 4.78 is 0. The molecule has 2 nitrogen and oxygen atoms in total. The van der Waals surface area contributed by atoms with Crippen molar-refractivity contribution in [1.29, 1.82) is 0 Å². The molecule has 0 amide bonds. The van der Waals surface area contributed by atoms with Gasteiger partial charge in [0.1, 0.15) is 0 Å². The predicted molar refractivity (Wildman–Crippen MR) is 217 cm³/mol. The molecule has 0 saturated carbocycles. The molecule has 1 heterocycles. The van der Waals surface area contributed by atoms with Gasteiger partial charge in [0.25, 0.3) is 0 Å². The Morgan fingerprint density at radius 3 is 2.49 bits per heavy atom. The lowest BCUT2D eigenvalue weighted by atomic mass is 9.67. The Labute approximate surface area is 307 Å². The Balaban J connectivity index is 1.25. The molecule has 2 atom stereocenters. The van der Waals surface area contributed by atoms with Crippen LogP contribution in [0.5, 0.6) is 0 Å². The third-order valence-electron chi connectivity index (χ3n) is 10.9. The zero-order valence-electron chi connectivity index (χ0n) is 29.5. The van der Waals surface area contributed by atoms with Crippen molar-refractivity contribution in [3.8, 4) is 0 Å². The molecule has 0 saturated heterocycles. The summed E-state index contributed by atoms with van der Waals surface area (Å²) in [4.78, 5) is 7.77. The molecule has 1 aromatic heterocycles. The standard InChI is InChI=1S/C48H40N2S/c1-5-33(25-24-32(3)50(4)46(6-2)41-19-9-12-23-47(41)51)35-26-27-40-39-20-13-15-34(36-16-14-28-49-31-36)29-44(39)48(45(40)30-35)42-21-10-7-17-37(42)38-18-8-11-22-43(38)48/h5-7,9-10,12-14,16-32,51H,15H2,1-4H3/b25-24-,33-5+,46-6-. The number of fused-ring (bicyclic) bond motifs is 8. The van der Waals surface area contributed by atoms with Gasteiger partial charge < -0.3 is 4.90 Å². The van der Waals surface area contributed by atoms with Crippen LogP contribution in [0.4, 0.5) is 0 Å². The molecule has 4 aliphatic rings. The summed E-state index contributed by atoms with van der Waals surface area (Å²) in [6, 6.07) is 28.6. The summed E-state index contributed by atoms with van der Waals surface area (Å²) in [6.45, 7) is 6.47. The second-order valence-corrected chi connectivity index (χ2v) is 13.9. The molecule has 8 rings (SSSR count). The molecule has 0 aliphatic heterocycles. The van der Waals surface area contributed by atoms with E-state index in [2.05, 4.69) is 165 Å². The number of likely N-dealkylation sites (N-methyl/N-ethyl adjacent to an activating group) is 1. The maximum Gasteiger partial charge on any atom is 0.0732 e. The van der Waals surface area contributed by atoms with Crippen LogP contribution in [-0.4, -0.2) is 23.0 Å². The van der Waals surface area contributed by atoms with Gasteiger partial charge in [0.15, 0.2) is 0 Å². The van der Waals surface area contributed by atoms with E-state index < -0.39 is 5.41 Å². The van der Waals surface area contributed by atoms with Crippen molar-refractivity contribution in [3.63, 3.8) is 0 Å². The van der Waals surface area contributed by atoms with Crippen molar-refractivity contribution in [2.75, 3.05) is 7.05 Å². The van der Waals surface area contributed by atoms with E-state index in [9.17, 15) is 0 Å². The summed E-state index contributed by atoms with van der Waals surface area (Å²) in [5.41, 5.74) is 23.5. The van der Waals surface area contributed by atoms with Gasteiger partial charge in [0.2, 0.25) is 0 Å². The lowest BCUT2D eigenvalue weighted by Crippen LogP contribution is -2.28. The topological polar surface area (TPSA) is 16.1 Å². The van der Waals surface area contributed by atoms with E-state index in [0.717, 1.165) is 28.1 Å². The lowest BCUT2D eigenvalue weighted by Gasteiger charge is -2.33. The fourth-order valence-electron chi connectivity index (χ4n) is 8.29. The number of hydrogen-bond acceptors (Lipinski definition) is 3. The monoisotopic (exact) mass is 676 g/mol. The second kappa shape index (κ2) is 13.3. The Morgan fingerprint density at radius 2 is 1.69 bits per heavy atom. The first-order chi connectivity index (χ1) is 25.0. The van der Waals surface area contributed by atoms with Gasteiger partial charge in [0.05, 0.1) is 5.41 Å². The molecule has 51 heavy (non-hydrogen) atoms. The number of pyridine rings is 1. The minimum Gasteiger partial charge on any atom is -0.368 e. The molecule has 4 aromatic rings. The van der Waals surface area contributed by atoms with Crippen LogP contribution in [0, 0.1) is 0 Å². The number of benzene rings is 3. The average Bonchev–Trinajstić information content (AvgIpc) is 3.49. The lowest BCUT2D eigenvalue weighted by molar-refractivity contribution is 0.428. The summed E-state index contributed by atoms with van der Waals surface area (Å²) in [6.07, 6.45) is 25.0. The first kappa shape index (κ1) is 32.6. The zero-order valence-corrected chi connectivity index (χ0v) is 30.4. The Hall–Kier alpha value is -5.56.